The molecule has 246 valence electrons. The molecule has 0 saturated carbocycles. The van der Waals surface area contributed by atoms with Gasteiger partial charge in [-0.05, 0) is 82.8 Å². The van der Waals surface area contributed by atoms with Gasteiger partial charge in [0.2, 0.25) is 0 Å². The smallest absolute Gasteiger partial charge is 0.269 e. The van der Waals surface area contributed by atoms with Crippen LogP contribution < -0.4 is 0 Å². The lowest BCUT2D eigenvalue weighted by molar-refractivity contribution is -0.384. The topological polar surface area (TPSA) is 92.9 Å². The Hall–Kier alpha value is -4.23. The van der Waals surface area contributed by atoms with E-state index in [1.807, 2.05) is 6.92 Å². The normalized spacial score (nSPS) is 19.7. The number of nitrogens with zero attached hydrogens (tertiary/aromatic N) is 3. The van der Waals surface area contributed by atoms with Crippen LogP contribution in [0.5, 0.6) is 0 Å². The maximum Gasteiger partial charge on any atom is 0.269 e. The molecular formula is C40H47N3O4. The summed E-state index contributed by atoms with van der Waals surface area (Å²) < 4.78 is 0. The van der Waals surface area contributed by atoms with Crippen LogP contribution in [0.4, 0.5) is 5.69 Å². The third kappa shape index (κ3) is 7.84. The minimum Gasteiger partial charge on any atom is -0.303 e. The van der Waals surface area contributed by atoms with Crippen LogP contribution in [0.1, 0.15) is 94.7 Å². The Balaban J connectivity index is 1.11. The van der Waals surface area contributed by atoms with Crippen molar-refractivity contribution >= 4 is 23.0 Å². The predicted octanol–water partition coefficient (Wildman–Crippen LogP) is 8.62. The number of carbonyl (C=O) groups excluding carboxylic acids is 2. The molecule has 0 radical (unpaired) electrons. The molecule has 0 aromatic heterocycles. The van der Waals surface area contributed by atoms with E-state index in [0.717, 1.165) is 64.6 Å². The molecule has 1 saturated heterocycles. The quantitative estimate of drug-likeness (QED) is 0.101. The zero-order chi connectivity index (χ0) is 33.4. The number of ketones is 2. The van der Waals surface area contributed by atoms with Gasteiger partial charge < -0.3 is 4.90 Å². The van der Waals surface area contributed by atoms with Crippen LogP contribution >= 0.6 is 0 Å². The summed E-state index contributed by atoms with van der Waals surface area (Å²) in [4.78, 5) is 44.7. The van der Waals surface area contributed by atoms with Gasteiger partial charge in [-0.25, -0.2) is 0 Å². The van der Waals surface area contributed by atoms with Crippen molar-refractivity contribution in [1.29, 1.82) is 0 Å². The minimum atomic E-state index is -0.611. The maximum absolute atomic E-state index is 13.7. The van der Waals surface area contributed by atoms with E-state index in [1.54, 1.807) is 19.1 Å². The van der Waals surface area contributed by atoms with Gasteiger partial charge in [-0.15, -0.1) is 0 Å². The number of carbonyl (C=O) groups is 2. The number of aliphatic imine (C=N–C) groups is 1. The van der Waals surface area contributed by atoms with Crippen LogP contribution in [0, 0.1) is 16.0 Å². The molecule has 0 bridgehead atoms. The molecule has 7 heteroatoms. The lowest BCUT2D eigenvalue weighted by Crippen LogP contribution is -2.43. The molecule has 0 amide bonds. The Labute approximate surface area is 279 Å². The predicted molar refractivity (Wildman–Crippen MR) is 188 cm³/mol. The number of nitro benzene ring substituents is 1. The summed E-state index contributed by atoms with van der Waals surface area (Å²) in [6.45, 7) is 8.38. The first-order valence-electron chi connectivity index (χ1n) is 17.1. The summed E-state index contributed by atoms with van der Waals surface area (Å²) in [5.74, 6) is -1.29. The van der Waals surface area contributed by atoms with E-state index < -0.39 is 16.8 Å². The molecule has 2 aliphatic heterocycles. The second kappa shape index (κ2) is 15.6. The second-order valence-corrected chi connectivity index (χ2v) is 13.3. The van der Waals surface area contributed by atoms with Crippen molar-refractivity contribution < 1.29 is 14.5 Å². The third-order valence-electron chi connectivity index (χ3n) is 10.2. The number of piperidine rings is 1. The number of likely N-dealkylation sites (tertiary alicyclic amines) is 1. The molecule has 7 nitrogen and oxygen atoms in total. The number of hydrogen-bond donors (Lipinski definition) is 0. The molecule has 3 aromatic rings. The molecule has 3 aromatic carbocycles. The summed E-state index contributed by atoms with van der Waals surface area (Å²) in [5.41, 5.74) is 5.21. The number of non-ortho nitro benzene ring substituents is 1. The van der Waals surface area contributed by atoms with E-state index in [-0.39, 0.29) is 22.7 Å². The van der Waals surface area contributed by atoms with Crippen molar-refractivity contribution in [3.63, 3.8) is 0 Å². The third-order valence-corrected chi connectivity index (χ3v) is 10.2. The highest BCUT2D eigenvalue weighted by Gasteiger charge is 2.40. The van der Waals surface area contributed by atoms with Crippen LogP contribution in [0.25, 0.3) is 0 Å². The van der Waals surface area contributed by atoms with Crippen molar-refractivity contribution in [3.05, 3.63) is 123 Å². The first kappa shape index (κ1) is 34.1. The highest BCUT2D eigenvalue weighted by atomic mass is 16.6. The number of rotatable bonds is 14. The lowest BCUT2D eigenvalue weighted by Gasteiger charge is -2.43. The van der Waals surface area contributed by atoms with Gasteiger partial charge in [-0.3, -0.25) is 24.7 Å². The van der Waals surface area contributed by atoms with Gasteiger partial charge in [0.25, 0.3) is 5.69 Å². The fraction of sp³-hybridized carbons (Fsp3) is 0.425. The number of allylic oxidation sites excluding steroid dienone is 2. The highest BCUT2D eigenvalue weighted by Crippen LogP contribution is 2.43. The van der Waals surface area contributed by atoms with Crippen molar-refractivity contribution in [1.82, 2.24) is 4.90 Å². The van der Waals surface area contributed by atoms with Crippen molar-refractivity contribution in [2.24, 2.45) is 10.9 Å². The van der Waals surface area contributed by atoms with Crippen molar-refractivity contribution in [2.45, 2.75) is 83.5 Å². The zero-order valence-corrected chi connectivity index (χ0v) is 28.0. The lowest BCUT2D eigenvalue weighted by atomic mass is 9.68. The maximum atomic E-state index is 13.7. The highest BCUT2D eigenvalue weighted by molar-refractivity contribution is 6.09. The average Bonchev–Trinajstić information content (AvgIpc) is 3.08. The minimum absolute atomic E-state index is 0.0184. The van der Waals surface area contributed by atoms with Crippen LogP contribution in [-0.4, -0.2) is 46.7 Å². The molecule has 2 heterocycles. The first-order valence-corrected chi connectivity index (χ1v) is 17.1. The van der Waals surface area contributed by atoms with Gasteiger partial charge in [0, 0.05) is 46.9 Å². The molecule has 0 spiro atoms. The Morgan fingerprint density at radius 3 is 2.04 bits per heavy atom. The van der Waals surface area contributed by atoms with E-state index >= 15 is 0 Å². The molecule has 0 N–H and O–H groups in total. The second-order valence-electron chi connectivity index (χ2n) is 13.3. The van der Waals surface area contributed by atoms with Crippen LogP contribution in [0.2, 0.25) is 0 Å². The number of hydrogen-bond acceptors (Lipinski definition) is 6. The Kier molecular flexibility index (Phi) is 11.3. The molecule has 2 unspecified atom stereocenters. The fourth-order valence-corrected chi connectivity index (χ4v) is 7.82. The molecule has 0 aliphatic carbocycles. The van der Waals surface area contributed by atoms with Crippen LogP contribution in [0.15, 0.2) is 101 Å². The monoisotopic (exact) mass is 633 g/mol. The van der Waals surface area contributed by atoms with Gasteiger partial charge in [0.1, 0.15) is 5.78 Å². The summed E-state index contributed by atoms with van der Waals surface area (Å²) in [6, 6.07) is 28.2. The molecule has 2 aliphatic rings. The summed E-state index contributed by atoms with van der Waals surface area (Å²) >= 11 is 0. The molecule has 1 fully saturated rings. The standard InChI is InChI=1S/C40H47N3O4/c1-29-37(31(3)44)39(32-16-15-21-35(28-32)43(46)47)38(30(2)41-29)36(45)22-13-5-4-6-14-25-42-26-23-40(24-27-42,33-17-9-7-10-18-33)34-19-11-8-12-20-34/h7-12,15-21,28,37,39H,4-6,13-14,22-27H2,1-3H3. The van der Waals surface area contributed by atoms with Gasteiger partial charge in [-0.1, -0.05) is 92.1 Å². The van der Waals surface area contributed by atoms with Gasteiger partial charge in [-0.2, -0.15) is 0 Å². The molecule has 47 heavy (non-hydrogen) atoms. The van der Waals surface area contributed by atoms with Crippen molar-refractivity contribution in [3.8, 4) is 0 Å². The van der Waals surface area contributed by atoms with Gasteiger partial charge in [0.15, 0.2) is 5.78 Å². The first-order chi connectivity index (χ1) is 22.7. The van der Waals surface area contributed by atoms with E-state index in [2.05, 4.69) is 70.6 Å². The number of benzene rings is 3. The average molecular weight is 634 g/mol. The van der Waals surface area contributed by atoms with E-state index in [0.29, 0.717) is 29.0 Å². The summed E-state index contributed by atoms with van der Waals surface area (Å²) in [7, 11) is 0. The van der Waals surface area contributed by atoms with Crippen molar-refractivity contribution in [2.75, 3.05) is 19.6 Å². The Morgan fingerprint density at radius 2 is 1.45 bits per heavy atom. The summed E-state index contributed by atoms with van der Waals surface area (Å²) in [5, 5.41) is 11.5. The van der Waals surface area contributed by atoms with E-state index in [1.165, 1.54) is 30.2 Å². The zero-order valence-electron chi connectivity index (χ0n) is 28.0. The van der Waals surface area contributed by atoms with E-state index in [4.69, 9.17) is 0 Å². The van der Waals surface area contributed by atoms with Gasteiger partial charge >= 0.3 is 0 Å². The Morgan fingerprint density at radius 1 is 0.851 bits per heavy atom. The number of unbranched alkanes of at least 4 members (excludes halogenated alkanes) is 4. The largest absolute Gasteiger partial charge is 0.303 e. The van der Waals surface area contributed by atoms with Gasteiger partial charge in [0.05, 0.1) is 10.8 Å². The number of Topliss-reactive ketones (excluding diaryl/α,β-unsaturated/α-hetero) is 2. The molecular weight excluding hydrogens is 586 g/mol. The van der Waals surface area contributed by atoms with Crippen LogP contribution in [-0.2, 0) is 15.0 Å². The van der Waals surface area contributed by atoms with E-state index in [9.17, 15) is 19.7 Å². The summed E-state index contributed by atoms with van der Waals surface area (Å²) in [6.07, 6.45) is 7.68. The fourth-order valence-electron chi connectivity index (χ4n) is 7.82. The number of nitro groups is 1. The van der Waals surface area contributed by atoms with Crippen LogP contribution in [0.3, 0.4) is 0 Å². The molecule has 2 atom stereocenters. The Bertz CT molecular complexity index is 1580. The SMILES string of the molecule is CC(=O)C1C(C)=NC(C)=C(C(=O)CCCCCCCN2CCC(c3ccccc3)(c3ccccc3)CC2)C1c1cccc([N+](=O)[O-])c1. The molecule has 5 rings (SSSR count).